The van der Waals surface area contributed by atoms with E-state index in [4.69, 9.17) is 0 Å². The number of benzene rings is 2. The zero-order valence-electron chi connectivity index (χ0n) is 10.4. The van der Waals surface area contributed by atoms with E-state index in [0.717, 1.165) is 6.42 Å². The minimum Gasteiger partial charge on any atom is -0.0807 e. The number of aryl methyl sites for hydroxylation is 1. The van der Waals surface area contributed by atoms with Gasteiger partial charge in [0.1, 0.15) is 0 Å². The SMILES string of the molecule is Cc1ccc2c3c(cccc13)C1=CC=CCC=C12. The number of hydrogen-bond acceptors (Lipinski definition) is 0. The average Bonchev–Trinajstić information content (AvgIpc) is 2.57. The molecule has 18 heavy (non-hydrogen) atoms. The lowest BCUT2D eigenvalue weighted by Crippen LogP contribution is -1.82. The second-order valence-corrected chi connectivity index (χ2v) is 5.02. The van der Waals surface area contributed by atoms with Gasteiger partial charge in [0.05, 0.1) is 0 Å². The first-order valence-corrected chi connectivity index (χ1v) is 6.47. The highest BCUT2D eigenvalue weighted by Crippen LogP contribution is 2.46. The molecule has 2 aromatic rings. The fourth-order valence-corrected chi connectivity index (χ4v) is 3.12. The van der Waals surface area contributed by atoms with E-state index in [1.54, 1.807) is 0 Å². The van der Waals surface area contributed by atoms with Gasteiger partial charge in [0.2, 0.25) is 0 Å². The van der Waals surface area contributed by atoms with Crippen LogP contribution in [0, 0.1) is 6.92 Å². The molecule has 0 aromatic heterocycles. The summed E-state index contributed by atoms with van der Waals surface area (Å²) in [4.78, 5) is 0. The molecule has 0 heteroatoms. The second kappa shape index (κ2) is 3.46. The van der Waals surface area contributed by atoms with Crippen molar-refractivity contribution in [3.63, 3.8) is 0 Å². The molecule has 4 rings (SSSR count). The van der Waals surface area contributed by atoms with Gasteiger partial charge in [-0.2, -0.15) is 0 Å². The molecule has 0 saturated carbocycles. The molecule has 0 radical (unpaired) electrons. The molecule has 0 amide bonds. The molecule has 0 unspecified atom stereocenters. The van der Waals surface area contributed by atoms with Crippen molar-refractivity contribution in [2.24, 2.45) is 0 Å². The molecule has 0 saturated heterocycles. The third-order valence-electron chi connectivity index (χ3n) is 3.99. The van der Waals surface area contributed by atoms with Gasteiger partial charge in [-0.05, 0) is 52.0 Å². The van der Waals surface area contributed by atoms with E-state index in [-0.39, 0.29) is 0 Å². The van der Waals surface area contributed by atoms with Crippen molar-refractivity contribution in [2.45, 2.75) is 13.3 Å². The molecule has 0 atom stereocenters. The van der Waals surface area contributed by atoms with Crippen LogP contribution in [0.4, 0.5) is 0 Å². The zero-order chi connectivity index (χ0) is 12.1. The van der Waals surface area contributed by atoms with Gasteiger partial charge in [-0.15, -0.1) is 0 Å². The van der Waals surface area contributed by atoms with Crippen LogP contribution in [0.5, 0.6) is 0 Å². The highest BCUT2D eigenvalue weighted by atomic mass is 14.3. The minimum absolute atomic E-state index is 1.03. The summed E-state index contributed by atoms with van der Waals surface area (Å²) in [5.41, 5.74) is 6.95. The molecule has 0 spiro atoms. The summed E-state index contributed by atoms with van der Waals surface area (Å²) in [7, 11) is 0. The van der Waals surface area contributed by atoms with E-state index in [9.17, 15) is 0 Å². The summed E-state index contributed by atoms with van der Waals surface area (Å²) >= 11 is 0. The van der Waals surface area contributed by atoms with Gasteiger partial charge < -0.3 is 0 Å². The first-order valence-electron chi connectivity index (χ1n) is 6.47. The number of fused-ring (bicyclic) bond motifs is 3. The Morgan fingerprint density at radius 3 is 2.78 bits per heavy atom. The Balaban J connectivity index is 2.21. The first kappa shape index (κ1) is 9.90. The molecule has 0 aliphatic heterocycles. The smallest absolute Gasteiger partial charge is 0.00238 e. The maximum absolute atomic E-state index is 2.35. The molecule has 0 N–H and O–H groups in total. The molecule has 2 aliphatic rings. The van der Waals surface area contributed by atoms with Crippen LogP contribution in [-0.4, -0.2) is 0 Å². The Bertz CT molecular complexity index is 755. The summed E-state index contributed by atoms with van der Waals surface area (Å²) in [5, 5.41) is 2.83. The van der Waals surface area contributed by atoms with Crippen LogP contribution < -0.4 is 0 Å². The lowest BCUT2D eigenvalue weighted by atomic mass is 10.00. The minimum atomic E-state index is 1.03. The molecular formula is C18H14. The molecule has 2 aliphatic carbocycles. The van der Waals surface area contributed by atoms with E-state index >= 15 is 0 Å². The van der Waals surface area contributed by atoms with Crippen LogP contribution in [0.15, 0.2) is 54.6 Å². The predicted octanol–water partition coefficient (Wildman–Crippen LogP) is 4.89. The summed E-state index contributed by atoms with van der Waals surface area (Å²) < 4.78 is 0. The van der Waals surface area contributed by atoms with Crippen molar-refractivity contribution in [1.29, 1.82) is 0 Å². The number of rotatable bonds is 0. The van der Waals surface area contributed by atoms with Crippen molar-refractivity contribution in [1.82, 2.24) is 0 Å². The highest BCUT2D eigenvalue weighted by Gasteiger charge is 2.23. The van der Waals surface area contributed by atoms with Gasteiger partial charge in [-0.1, -0.05) is 54.6 Å². The van der Waals surface area contributed by atoms with Gasteiger partial charge in [0.15, 0.2) is 0 Å². The van der Waals surface area contributed by atoms with Crippen molar-refractivity contribution < 1.29 is 0 Å². The van der Waals surface area contributed by atoms with Gasteiger partial charge in [0.25, 0.3) is 0 Å². The lowest BCUT2D eigenvalue weighted by Gasteiger charge is -2.04. The average molecular weight is 230 g/mol. The summed E-state index contributed by atoms with van der Waals surface area (Å²) in [6.45, 7) is 2.19. The van der Waals surface area contributed by atoms with E-state index in [2.05, 4.69) is 61.6 Å². The largest absolute Gasteiger partial charge is 0.0807 e. The van der Waals surface area contributed by atoms with E-state index < -0.39 is 0 Å². The van der Waals surface area contributed by atoms with Crippen molar-refractivity contribution in [3.05, 3.63) is 71.3 Å². The van der Waals surface area contributed by atoms with Crippen LogP contribution >= 0.6 is 0 Å². The maximum Gasteiger partial charge on any atom is -0.00238 e. The normalized spacial score (nSPS) is 16.3. The Kier molecular flexibility index (Phi) is 1.90. The number of hydrogen-bond donors (Lipinski definition) is 0. The second-order valence-electron chi connectivity index (χ2n) is 5.02. The fourth-order valence-electron chi connectivity index (χ4n) is 3.12. The Hall–Kier alpha value is -2.08. The van der Waals surface area contributed by atoms with E-state index in [0.29, 0.717) is 0 Å². The van der Waals surface area contributed by atoms with Crippen LogP contribution in [0.1, 0.15) is 23.1 Å². The summed E-state index contributed by atoms with van der Waals surface area (Å²) in [6.07, 6.45) is 10.0. The Morgan fingerprint density at radius 1 is 0.944 bits per heavy atom. The molecular weight excluding hydrogens is 216 g/mol. The Morgan fingerprint density at radius 2 is 1.83 bits per heavy atom. The molecule has 2 aromatic carbocycles. The van der Waals surface area contributed by atoms with Gasteiger partial charge in [-0.3, -0.25) is 0 Å². The summed E-state index contributed by atoms with van der Waals surface area (Å²) in [6, 6.07) is 11.2. The topological polar surface area (TPSA) is 0 Å². The summed E-state index contributed by atoms with van der Waals surface area (Å²) in [5.74, 6) is 0. The van der Waals surface area contributed by atoms with Gasteiger partial charge in [-0.25, -0.2) is 0 Å². The highest BCUT2D eigenvalue weighted by molar-refractivity contribution is 6.22. The van der Waals surface area contributed by atoms with Crippen molar-refractivity contribution in [2.75, 3.05) is 0 Å². The molecule has 0 heterocycles. The lowest BCUT2D eigenvalue weighted by molar-refractivity contribution is 1.41. The van der Waals surface area contributed by atoms with E-state index in [1.165, 1.54) is 38.6 Å². The Labute approximate surface area is 107 Å². The van der Waals surface area contributed by atoms with E-state index in [1.807, 2.05) is 0 Å². The first-order chi connectivity index (χ1) is 8.86. The van der Waals surface area contributed by atoms with Crippen molar-refractivity contribution in [3.8, 4) is 0 Å². The molecule has 86 valence electrons. The third kappa shape index (κ3) is 1.15. The predicted molar refractivity (Wildman–Crippen MR) is 78.4 cm³/mol. The maximum atomic E-state index is 2.35. The van der Waals surface area contributed by atoms with Crippen LogP contribution in [0.3, 0.4) is 0 Å². The van der Waals surface area contributed by atoms with Crippen LogP contribution in [0.2, 0.25) is 0 Å². The van der Waals surface area contributed by atoms with Gasteiger partial charge >= 0.3 is 0 Å². The fraction of sp³-hybridized carbons (Fsp3) is 0.111. The van der Waals surface area contributed by atoms with Crippen LogP contribution in [-0.2, 0) is 0 Å². The molecule has 0 nitrogen and oxygen atoms in total. The van der Waals surface area contributed by atoms with Crippen molar-refractivity contribution >= 4 is 21.9 Å². The quantitative estimate of drug-likeness (QED) is 0.604. The third-order valence-corrected chi connectivity index (χ3v) is 3.99. The monoisotopic (exact) mass is 230 g/mol. The van der Waals surface area contributed by atoms with Gasteiger partial charge in [0, 0.05) is 0 Å². The zero-order valence-corrected chi connectivity index (χ0v) is 10.4. The molecule has 0 fully saturated rings. The standard InChI is InChI=1S/C18H14/c1-12-10-11-17-15-7-4-2-3-6-14(15)16-9-5-8-13(12)18(16)17/h2-3,5-11H,4H2,1H3. The molecule has 0 bridgehead atoms. The number of allylic oxidation sites excluding steroid dienone is 6. The van der Waals surface area contributed by atoms with Crippen LogP contribution in [0.25, 0.3) is 21.9 Å².